The van der Waals surface area contributed by atoms with Crippen molar-refractivity contribution >= 4 is 11.6 Å². The lowest BCUT2D eigenvalue weighted by atomic mass is 10.1. The molecule has 0 bridgehead atoms. The molecule has 1 heterocycles. The van der Waals surface area contributed by atoms with Gasteiger partial charge in [0.1, 0.15) is 17.2 Å². The average molecular weight is 370 g/mol. The lowest BCUT2D eigenvalue weighted by Gasteiger charge is -2.36. The standard InChI is InChI=1S/C21H26N2O4/c1-25-18-6-4-5-17(14-18)22-9-11-23(12-10-22)21(24)13-16-7-8-19(26-2)15-20(16)27-3/h4-8,14-15H,9-13H2,1-3H3. The van der Waals surface area contributed by atoms with Crippen molar-refractivity contribution in [2.24, 2.45) is 0 Å². The fourth-order valence-corrected chi connectivity index (χ4v) is 3.29. The lowest BCUT2D eigenvalue weighted by Crippen LogP contribution is -2.49. The van der Waals surface area contributed by atoms with Crippen LogP contribution >= 0.6 is 0 Å². The molecule has 6 nitrogen and oxygen atoms in total. The number of benzene rings is 2. The Morgan fingerprint density at radius 2 is 1.59 bits per heavy atom. The Balaban J connectivity index is 1.60. The highest BCUT2D eigenvalue weighted by Gasteiger charge is 2.22. The van der Waals surface area contributed by atoms with Crippen LogP contribution < -0.4 is 19.1 Å². The van der Waals surface area contributed by atoms with E-state index in [0.29, 0.717) is 25.3 Å². The minimum atomic E-state index is 0.115. The molecule has 0 atom stereocenters. The molecule has 1 aliphatic heterocycles. The molecule has 2 aromatic rings. The van der Waals surface area contributed by atoms with E-state index in [-0.39, 0.29) is 5.91 Å². The van der Waals surface area contributed by atoms with Crippen LogP contribution in [0.4, 0.5) is 5.69 Å². The van der Waals surface area contributed by atoms with Gasteiger partial charge in [-0.15, -0.1) is 0 Å². The van der Waals surface area contributed by atoms with Gasteiger partial charge < -0.3 is 24.0 Å². The summed E-state index contributed by atoms with van der Waals surface area (Å²) < 4.78 is 15.9. The van der Waals surface area contributed by atoms with Gasteiger partial charge in [-0.05, 0) is 18.2 Å². The predicted octanol–water partition coefficient (Wildman–Crippen LogP) is 2.60. The first-order valence-corrected chi connectivity index (χ1v) is 9.02. The first-order valence-electron chi connectivity index (χ1n) is 9.02. The Bertz CT molecular complexity index is 786. The molecule has 1 fully saturated rings. The molecule has 6 heteroatoms. The van der Waals surface area contributed by atoms with Gasteiger partial charge >= 0.3 is 0 Å². The molecule has 144 valence electrons. The van der Waals surface area contributed by atoms with Crippen molar-refractivity contribution in [2.75, 3.05) is 52.4 Å². The number of rotatable bonds is 6. The summed E-state index contributed by atoms with van der Waals surface area (Å²) in [6.07, 6.45) is 0.326. The Morgan fingerprint density at radius 3 is 2.26 bits per heavy atom. The molecule has 0 saturated carbocycles. The van der Waals surface area contributed by atoms with Crippen molar-refractivity contribution in [3.05, 3.63) is 48.0 Å². The third-order valence-corrected chi connectivity index (χ3v) is 4.89. The van der Waals surface area contributed by atoms with E-state index in [2.05, 4.69) is 11.0 Å². The number of hydrogen-bond acceptors (Lipinski definition) is 5. The molecule has 0 aliphatic carbocycles. The summed E-state index contributed by atoms with van der Waals surface area (Å²) in [4.78, 5) is 16.9. The molecule has 0 unspecified atom stereocenters. The number of methoxy groups -OCH3 is 3. The van der Waals surface area contributed by atoms with Crippen molar-refractivity contribution in [1.29, 1.82) is 0 Å². The van der Waals surface area contributed by atoms with Crippen LogP contribution in [0.5, 0.6) is 17.2 Å². The van der Waals surface area contributed by atoms with Crippen molar-refractivity contribution < 1.29 is 19.0 Å². The fourth-order valence-electron chi connectivity index (χ4n) is 3.29. The summed E-state index contributed by atoms with van der Waals surface area (Å²) in [5.41, 5.74) is 2.00. The third-order valence-electron chi connectivity index (χ3n) is 4.89. The number of piperazine rings is 1. The Labute approximate surface area is 160 Å². The molecule has 2 aromatic carbocycles. The maximum atomic E-state index is 12.7. The van der Waals surface area contributed by atoms with E-state index < -0.39 is 0 Å². The molecule has 0 aromatic heterocycles. The minimum absolute atomic E-state index is 0.115. The first kappa shape index (κ1) is 18.9. The van der Waals surface area contributed by atoms with Gasteiger partial charge in [0.05, 0.1) is 27.8 Å². The number of carbonyl (C=O) groups is 1. The molecule has 0 N–H and O–H groups in total. The van der Waals surface area contributed by atoms with E-state index in [1.165, 1.54) is 0 Å². The second kappa shape index (κ2) is 8.66. The maximum Gasteiger partial charge on any atom is 0.227 e. The predicted molar refractivity (Wildman–Crippen MR) is 105 cm³/mol. The van der Waals surface area contributed by atoms with Gasteiger partial charge in [0.15, 0.2) is 0 Å². The molecule has 1 amide bonds. The summed E-state index contributed by atoms with van der Waals surface area (Å²) in [7, 11) is 4.89. The Hall–Kier alpha value is -2.89. The van der Waals surface area contributed by atoms with E-state index in [0.717, 1.165) is 35.8 Å². The number of carbonyl (C=O) groups excluding carboxylic acids is 1. The molecule has 0 spiro atoms. The first-order chi connectivity index (χ1) is 13.1. The number of anilines is 1. The average Bonchev–Trinajstić information content (AvgIpc) is 2.74. The normalized spacial score (nSPS) is 14.0. The van der Waals surface area contributed by atoms with Crippen molar-refractivity contribution in [1.82, 2.24) is 4.90 Å². The van der Waals surface area contributed by atoms with Crippen LogP contribution in [0.25, 0.3) is 0 Å². The van der Waals surface area contributed by atoms with E-state index in [9.17, 15) is 4.79 Å². The Morgan fingerprint density at radius 1 is 0.889 bits per heavy atom. The van der Waals surface area contributed by atoms with Gasteiger partial charge in [-0.25, -0.2) is 0 Å². The molecule has 27 heavy (non-hydrogen) atoms. The third kappa shape index (κ3) is 4.45. The lowest BCUT2D eigenvalue weighted by molar-refractivity contribution is -0.130. The molecular weight excluding hydrogens is 344 g/mol. The van der Waals surface area contributed by atoms with Gasteiger partial charge in [-0.2, -0.15) is 0 Å². The van der Waals surface area contributed by atoms with Crippen molar-refractivity contribution in [3.63, 3.8) is 0 Å². The van der Waals surface area contributed by atoms with Crippen molar-refractivity contribution in [3.8, 4) is 17.2 Å². The molecule has 0 radical (unpaired) electrons. The van der Waals surface area contributed by atoms with Crippen LogP contribution in [0.2, 0.25) is 0 Å². The number of hydrogen-bond donors (Lipinski definition) is 0. The van der Waals surface area contributed by atoms with Crippen LogP contribution in [0.3, 0.4) is 0 Å². The highest BCUT2D eigenvalue weighted by Crippen LogP contribution is 2.26. The quantitative estimate of drug-likeness (QED) is 0.782. The van der Waals surface area contributed by atoms with Crippen LogP contribution in [0.1, 0.15) is 5.56 Å². The fraction of sp³-hybridized carbons (Fsp3) is 0.381. The SMILES string of the molecule is COc1cccc(N2CCN(C(=O)Cc3ccc(OC)cc3OC)CC2)c1. The van der Waals surface area contributed by atoms with Gasteiger partial charge in [-0.3, -0.25) is 4.79 Å². The maximum absolute atomic E-state index is 12.7. The van der Waals surface area contributed by atoms with Crippen LogP contribution in [-0.4, -0.2) is 58.3 Å². The zero-order valence-corrected chi connectivity index (χ0v) is 16.1. The zero-order valence-electron chi connectivity index (χ0n) is 16.1. The highest BCUT2D eigenvalue weighted by molar-refractivity contribution is 5.80. The van der Waals surface area contributed by atoms with Crippen molar-refractivity contribution in [2.45, 2.75) is 6.42 Å². The van der Waals surface area contributed by atoms with E-state index in [1.807, 2.05) is 41.3 Å². The summed E-state index contributed by atoms with van der Waals surface area (Å²) in [5, 5.41) is 0. The van der Waals surface area contributed by atoms with Crippen LogP contribution in [-0.2, 0) is 11.2 Å². The van der Waals surface area contributed by atoms with Gasteiger partial charge in [-0.1, -0.05) is 12.1 Å². The molecule has 1 aliphatic rings. The number of ether oxygens (including phenoxy) is 3. The molecular formula is C21H26N2O4. The van der Waals surface area contributed by atoms with E-state index >= 15 is 0 Å². The van der Waals surface area contributed by atoms with Gasteiger partial charge in [0.25, 0.3) is 0 Å². The van der Waals surface area contributed by atoms with Gasteiger partial charge in [0, 0.05) is 49.6 Å². The summed E-state index contributed by atoms with van der Waals surface area (Å²) in [5.74, 6) is 2.36. The molecule has 3 rings (SSSR count). The van der Waals surface area contributed by atoms with Gasteiger partial charge in [0.2, 0.25) is 5.91 Å². The second-order valence-corrected chi connectivity index (χ2v) is 6.42. The second-order valence-electron chi connectivity index (χ2n) is 6.42. The Kier molecular flexibility index (Phi) is 6.06. The zero-order chi connectivity index (χ0) is 19.2. The smallest absolute Gasteiger partial charge is 0.227 e. The summed E-state index contributed by atoms with van der Waals surface area (Å²) in [6, 6.07) is 13.6. The largest absolute Gasteiger partial charge is 0.497 e. The highest BCUT2D eigenvalue weighted by atomic mass is 16.5. The minimum Gasteiger partial charge on any atom is -0.497 e. The number of nitrogens with zero attached hydrogens (tertiary/aromatic N) is 2. The van der Waals surface area contributed by atoms with E-state index in [4.69, 9.17) is 14.2 Å². The number of amides is 1. The summed E-state index contributed by atoms with van der Waals surface area (Å²) in [6.45, 7) is 3.01. The summed E-state index contributed by atoms with van der Waals surface area (Å²) >= 11 is 0. The topological polar surface area (TPSA) is 51.2 Å². The monoisotopic (exact) mass is 370 g/mol. The van der Waals surface area contributed by atoms with E-state index in [1.54, 1.807) is 21.3 Å². The van der Waals surface area contributed by atoms with Crippen LogP contribution in [0.15, 0.2) is 42.5 Å². The molecule has 1 saturated heterocycles. The van der Waals surface area contributed by atoms with Crippen LogP contribution in [0, 0.1) is 0 Å².